The van der Waals surface area contributed by atoms with E-state index < -0.39 is 30.1 Å². The molecule has 0 heterocycles. The Balaban J connectivity index is 1.90. The highest BCUT2D eigenvalue weighted by Gasteiger charge is 2.14. The first-order valence-corrected chi connectivity index (χ1v) is 6.03. The molecule has 0 bridgehead atoms. The van der Waals surface area contributed by atoms with Crippen molar-refractivity contribution in [2.75, 3.05) is 11.9 Å². The van der Waals surface area contributed by atoms with Gasteiger partial charge in [-0.25, -0.2) is 13.6 Å². The molecule has 2 aromatic carbocycles. The number of ether oxygens (including phenoxy) is 1. The summed E-state index contributed by atoms with van der Waals surface area (Å²) in [6, 6.07) is 10.5. The minimum Gasteiger partial charge on any atom is -0.452 e. The third kappa shape index (κ3) is 4.10. The zero-order valence-corrected chi connectivity index (χ0v) is 10.8. The SMILES string of the molecule is O=C(COC(=O)c1ccccc1F)Nc1cccc(F)c1. The Hall–Kier alpha value is -2.76. The predicted molar refractivity (Wildman–Crippen MR) is 71.7 cm³/mol. The number of carbonyl (C=O) groups excluding carboxylic acids is 2. The monoisotopic (exact) mass is 291 g/mol. The lowest BCUT2D eigenvalue weighted by Crippen LogP contribution is -2.21. The molecule has 0 aliphatic carbocycles. The fourth-order valence-corrected chi connectivity index (χ4v) is 1.60. The van der Waals surface area contributed by atoms with Gasteiger partial charge in [-0.3, -0.25) is 4.79 Å². The third-order valence-electron chi connectivity index (χ3n) is 2.54. The number of carbonyl (C=O) groups is 2. The maximum atomic E-state index is 13.3. The Morgan fingerprint density at radius 2 is 1.81 bits per heavy atom. The highest BCUT2D eigenvalue weighted by Crippen LogP contribution is 2.10. The topological polar surface area (TPSA) is 55.4 Å². The Morgan fingerprint density at radius 1 is 1.05 bits per heavy atom. The van der Waals surface area contributed by atoms with E-state index in [1.54, 1.807) is 0 Å². The van der Waals surface area contributed by atoms with Gasteiger partial charge in [-0.05, 0) is 30.3 Å². The summed E-state index contributed by atoms with van der Waals surface area (Å²) in [4.78, 5) is 23.1. The maximum absolute atomic E-state index is 13.3. The first kappa shape index (κ1) is 14.6. The van der Waals surface area contributed by atoms with Gasteiger partial charge in [0, 0.05) is 5.69 Å². The van der Waals surface area contributed by atoms with Crippen molar-refractivity contribution >= 4 is 17.6 Å². The third-order valence-corrected chi connectivity index (χ3v) is 2.54. The van der Waals surface area contributed by atoms with Crippen molar-refractivity contribution in [1.82, 2.24) is 0 Å². The fraction of sp³-hybridized carbons (Fsp3) is 0.0667. The number of hydrogen-bond acceptors (Lipinski definition) is 3. The van der Waals surface area contributed by atoms with Gasteiger partial charge in [0.15, 0.2) is 6.61 Å². The molecule has 21 heavy (non-hydrogen) atoms. The summed E-state index contributed by atoms with van der Waals surface area (Å²) in [7, 11) is 0. The predicted octanol–water partition coefficient (Wildman–Crippen LogP) is 2.76. The van der Waals surface area contributed by atoms with Crippen molar-refractivity contribution in [3.05, 3.63) is 65.7 Å². The van der Waals surface area contributed by atoms with E-state index in [4.69, 9.17) is 0 Å². The Morgan fingerprint density at radius 3 is 2.52 bits per heavy atom. The van der Waals surface area contributed by atoms with Gasteiger partial charge < -0.3 is 10.1 Å². The van der Waals surface area contributed by atoms with Gasteiger partial charge in [-0.2, -0.15) is 0 Å². The van der Waals surface area contributed by atoms with Crippen LogP contribution in [0.15, 0.2) is 48.5 Å². The number of esters is 1. The van der Waals surface area contributed by atoms with Gasteiger partial charge in [0.2, 0.25) is 0 Å². The number of amides is 1. The molecule has 0 saturated carbocycles. The number of anilines is 1. The zero-order valence-electron chi connectivity index (χ0n) is 10.8. The molecular weight excluding hydrogens is 280 g/mol. The van der Waals surface area contributed by atoms with Crippen LogP contribution in [0.2, 0.25) is 0 Å². The van der Waals surface area contributed by atoms with E-state index in [9.17, 15) is 18.4 Å². The average molecular weight is 291 g/mol. The van der Waals surface area contributed by atoms with Crippen LogP contribution in [0, 0.1) is 11.6 Å². The molecule has 0 aromatic heterocycles. The van der Waals surface area contributed by atoms with Crippen molar-refractivity contribution < 1.29 is 23.1 Å². The molecule has 1 N–H and O–H groups in total. The molecule has 4 nitrogen and oxygen atoms in total. The van der Waals surface area contributed by atoms with Crippen molar-refractivity contribution in [3.63, 3.8) is 0 Å². The fourth-order valence-electron chi connectivity index (χ4n) is 1.60. The number of hydrogen-bond donors (Lipinski definition) is 1. The van der Waals surface area contributed by atoms with Crippen LogP contribution in [-0.2, 0) is 9.53 Å². The summed E-state index contributed by atoms with van der Waals surface area (Å²) < 4.78 is 30.9. The molecule has 0 spiro atoms. The molecule has 0 radical (unpaired) electrons. The first-order valence-electron chi connectivity index (χ1n) is 6.03. The van der Waals surface area contributed by atoms with Crippen LogP contribution in [0.5, 0.6) is 0 Å². The highest BCUT2D eigenvalue weighted by atomic mass is 19.1. The second kappa shape index (κ2) is 6.60. The summed E-state index contributed by atoms with van der Waals surface area (Å²) in [5.41, 5.74) is -0.0157. The first-order chi connectivity index (χ1) is 10.1. The van der Waals surface area contributed by atoms with Crippen LogP contribution >= 0.6 is 0 Å². The van der Waals surface area contributed by atoms with Crippen molar-refractivity contribution in [3.8, 4) is 0 Å². The molecule has 0 unspecified atom stereocenters. The van der Waals surface area contributed by atoms with Gasteiger partial charge >= 0.3 is 5.97 Å². The Labute approximate surface area is 119 Å². The average Bonchev–Trinajstić information content (AvgIpc) is 2.45. The van der Waals surface area contributed by atoms with Crippen LogP contribution in [-0.4, -0.2) is 18.5 Å². The number of rotatable bonds is 4. The maximum Gasteiger partial charge on any atom is 0.341 e. The van der Waals surface area contributed by atoms with E-state index in [1.165, 1.54) is 36.4 Å². The van der Waals surface area contributed by atoms with Crippen LogP contribution in [0.1, 0.15) is 10.4 Å². The van der Waals surface area contributed by atoms with Crippen molar-refractivity contribution in [1.29, 1.82) is 0 Å². The van der Waals surface area contributed by atoms with E-state index >= 15 is 0 Å². The van der Waals surface area contributed by atoms with Gasteiger partial charge in [0.1, 0.15) is 11.6 Å². The van der Waals surface area contributed by atoms with Gasteiger partial charge in [-0.1, -0.05) is 18.2 Å². The van der Waals surface area contributed by atoms with Gasteiger partial charge in [0.05, 0.1) is 5.56 Å². The largest absolute Gasteiger partial charge is 0.452 e. The molecule has 1 amide bonds. The second-order valence-electron chi connectivity index (χ2n) is 4.11. The summed E-state index contributed by atoms with van der Waals surface area (Å²) >= 11 is 0. The Kier molecular flexibility index (Phi) is 4.61. The van der Waals surface area contributed by atoms with Crippen LogP contribution < -0.4 is 5.32 Å². The normalized spacial score (nSPS) is 10.0. The molecule has 0 aliphatic heterocycles. The summed E-state index contributed by atoms with van der Waals surface area (Å²) in [5, 5.41) is 2.35. The van der Waals surface area contributed by atoms with E-state index in [1.807, 2.05) is 0 Å². The van der Waals surface area contributed by atoms with Crippen LogP contribution in [0.25, 0.3) is 0 Å². The molecule has 0 aliphatic rings. The van der Waals surface area contributed by atoms with Crippen LogP contribution in [0.3, 0.4) is 0 Å². The van der Waals surface area contributed by atoms with E-state index in [0.717, 1.165) is 12.1 Å². The number of benzene rings is 2. The van der Waals surface area contributed by atoms with Crippen molar-refractivity contribution in [2.45, 2.75) is 0 Å². The number of halogens is 2. The van der Waals surface area contributed by atoms with Gasteiger partial charge in [0.25, 0.3) is 5.91 Å². The van der Waals surface area contributed by atoms with E-state index in [0.29, 0.717) is 0 Å². The summed E-state index contributed by atoms with van der Waals surface area (Å²) in [6.07, 6.45) is 0. The summed E-state index contributed by atoms with van der Waals surface area (Å²) in [5.74, 6) is -2.82. The number of nitrogens with one attached hydrogen (secondary N) is 1. The molecule has 2 aromatic rings. The van der Waals surface area contributed by atoms with E-state index in [2.05, 4.69) is 10.1 Å². The molecule has 2 rings (SSSR count). The Bertz CT molecular complexity index is 673. The lowest BCUT2D eigenvalue weighted by Gasteiger charge is -2.07. The standard InChI is InChI=1S/C15H11F2NO3/c16-10-4-3-5-11(8-10)18-14(19)9-21-15(20)12-6-1-2-7-13(12)17/h1-8H,9H2,(H,18,19). The molecule has 108 valence electrons. The lowest BCUT2D eigenvalue weighted by molar-refractivity contribution is -0.119. The quantitative estimate of drug-likeness (QED) is 0.881. The molecule has 0 fully saturated rings. The van der Waals surface area contributed by atoms with Crippen molar-refractivity contribution in [2.24, 2.45) is 0 Å². The highest BCUT2D eigenvalue weighted by molar-refractivity contribution is 5.95. The van der Waals surface area contributed by atoms with Crippen LogP contribution in [0.4, 0.5) is 14.5 Å². The van der Waals surface area contributed by atoms with E-state index in [-0.39, 0.29) is 11.3 Å². The minimum absolute atomic E-state index is 0.238. The summed E-state index contributed by atoms with van der Waals surface area (Å²) in [6.45, 7) is -0.594. The second-order valence-corrected chi connectivity index (χ2v) is 4.11. The molecule has 6 heteroatoms. The smallest absolute Gasteiger partial charge is 0.341 e. The zero-order chi connectivity index (χ0) is 15.2. The lowest BCUT2D eigenvalue weighted by atomic mass is 10.2. The van der Waals surface area contributed by atoms with Gasteiger partial charge in [-0.15, -0.1) is 0 Å². The molecule has 0 atom stereocenters. The molecular formula is C15H11F2NO3. The molecule has 0 saturated heterocycles. The minimum atomic E-state index is -0.942.